The Bertz CT molecular complexity index is 1120. The monoisotopic (exact) mass is 866 g/mol. The second kappa shape index (κ2) is 38.1. The van der Waals surface area contributed by atoms with Crippen LogP contribution >= 0.6 is 10.8 Å². The lowest BCUT2D eigenvalue weighted by atomic mass is 10.4. The van der Waals surface area contributed by atoms with Gasteiger partial charge in [-0.3, -0.25) is 14.4 Å². The molecule has 0 aromatic carbocycles. The molecule has 1 heterocycles. The number of nitrogens with zero attached hydrogens (tertiary/aromatic N) is 1. The maximum absolute atomic E-state index is 11.7. The van der Waals surface area contributed by atoms with Crippen LogP contribution in [-0.4, -0.2) is 214 Å². The summed E-state index contributed by atoms with van der Waals surface area (Å²) in [5, 5.41) is 3.09. The van der Waals surface area contributed by atoms with E-state index in [2.05, 4.69) is 5.32 Å². The topological polar surface area (TPSA) is 238 Å². The lowest BCUT2D eigenvalue weighted by Crippen LogP contribution is -2.32. The van der Waals surface area contributed by atoms with E-state index in [0.29, 0.717) is 168 Å². The molecule has 0 saturated carbocycles. The summed E-state index contributed by atoms with van der Waals surface area (Å²) in [6, 6.07) is 0. The molecule has 1 aliphatic rings. The minimum atomic E-state index is -3.23. The van der Waals surface area contributed by atoms with Gasteiger partial charge in [0.25, 0.3) is 11.8 Å². The van der Waals surface area contributed by atoms with Crippen LogP contribution in [0.1, 0.15) is 19.3 Å². The van der Waals surface area contributed by atoms with Crippen LogP contribution in [0.2, 0.25) is 0 Å². The van der Waals surface area contributed by atoms with Gasteiger partial charge in [0.2, 0.25) is 5.91 Å². The number of imide groups is 1. The van der Waals surface area contributed by atoms with Crippen molar-refractivity contribution in [2.45, 2.75) is 19.3 Å². The Balaban J connectivity index is 1.65. The Morgan fingerprint density at radius 1 is 0.509 bits per heavy atom. The first-order valence-corrected chi connectivity index (χ1v) is 22.2. The summed E-state index contributed by atoms with van der Waals surface area (Å²) < 4.78 is 87.0. The van der Waals surface area contributed by atoms with Crippen molar-refractivity contribution in [3.63, 3.8) is 0 Å². The predicted molar refractivity (Wildman–Crippen MR) is 202 cm³/mol. The zero-order valence-corrected chi connectivity index (χ0v) is 34.7. The lowest BCUT2D eigenvalue weighted by Gasteiger charge is -2.12. The molecule has 21 nitrogen and oxygen atoms in total. The maximum atomic E-state index is 11.7. The highest BCUT2D eigenvalue weighted by Gasteiger charge is 2.32. The third kappa shape index (κ3) is 36.7. The molecule has 0 aliphatic carbocycles. The number of rotatable bonds is 43. The van der Waals surface area contributed by atoms with Gasteiger partial charge in [-0.2, -0.15) is 0 Å². The molecule has 0 spiro atoms. The maximum Gasteiger partial charge on any atom is 0.335 e. The first-order valence-electron chi connectivity index (χ1n) is 18.8. The van der Waals surface area contributed by atoms with E-state index in [1.54, 1.807) is 0 Å². The molecule has 1 rings (SSSR count). The Morgan fingerprint density at radius 3 is 1.09 bits per heavy atom. The number of nitrogens with one attached hydrogen (secondary N) is 1. The minimum Gasteiger partial charge on any atom is -0.378 e. The minimum absolute atomic E-state index is 0.0519. The van der Waals surface area contributed by atoms with Crippen molar-refractivity contribution in [1.29, 1.82) is 0 Å². The number of hydrogen-bond donors (Lipinski definition) is 1. The standard InChI is InChI=1S/C34H62N2O19S2/c1-57(41,42)56-30-31(37)35-5-7-44-9-11-46-13-15-48-17-19-50-21-23-52-25-27-54-29-28-53-26-24-51-22-20-49-18-16-47-14-12-45-10-8-43-6-4-34(40)55-36-32(38)2-3-33(36)39/h2-30H2,1H3,(H,35,37). The summed E-state index contributed by atoms with van der Waals surface area (Å²) in [6.07, 6.45) is 1.08. The third-order valence-corrected chi connectivity index (χ3v) is 9.16. The van der Waals surface area contributed by atoms with E-state index in [-0.39, 0.29) is 44.1 Å². The molecule has 1 saturated heterocycles. The summed E-state index contributed by atoms with van der Waals surface area (Å²) in [5.41, 5.74) is 0. The van der Waals surface area contributed by atoms with Crippen molar-refractivity contribution in [1.82, 2.24) is 10.4 Å². The van der Waals surface area contributed by atoms with Gasteiger partial charge in [0.15, 0.2) is 8.87 Å². The van der Waals surface area contributed by atoms with Crippen LogP contribution in [0, 0.1) is 0 Å². The zero-order chi connectivity index (χ0) is 41.5. The SMILES string of the molecule is CS(=O)(=O)SCC(=O)NCCOCCOCCOCCOCCOCCOCCOCCOCCOCCOCCOCCOCCC(=O)ON1C(=O)CCC1=O. The van der Waals surface area contributed by atoms with Gasteiger partial charge in [-0.05, 0) is 10.8 Å². The van der Waals surface area contributed by atoms with Crippen molar-refractivity contribution in [3.8, 4) is 0 Å². The number of amides is 3. The molecule has 0 aromatic heterocycles. The highest BCUT2D eigenvalue weighted by molar-refractivity contribution is 8.72. The average Bonchev–Trinajstić information content (AvgIpc) is 3.49. The molecule has 0 atom stereocenters. The summed E-state index contributed by atoms with van der Waals surface area (Å²) in [7, 11) is -2.64. The van der Waals surface area contributed by atoms with Crippen molar-refractivity contribution in [2.24, 2.45) is 0 Å². The molecule has 1 N–H and O–H groups in total. The highest BCUT2D eigenvalue weighted by atomic mass is 33.1. The molecular weight excluding hydrogens is 805 g/mol. The molecule has 334 valence electrons. The Kier molecular flexibility index (Phi) is 35.4. The van der Waals surface area contributed by atoms with Gasteiger partial charge in [0.05, 0.1) is 171 Å². The van der Waals surface area contributed by atoms with Crippen molar-refractivity contribution in [2.75, 3.05) is 177 Å². The second-order valence-electron chi connectivity index (χ2n) is 11.5. The number of ether oxygens (including phenoxy) is 12. The first-order chi connectivity index (χ1) is 27.7. The van der Waals surface area contributed by atoms with Crippen LogP contribution in [0.25, 0.3) is 0 Å². The van der Waals surface area contributed by atoms with E-state index in [4.69, 9.17) is 61.7 Å². The van der Waals surface area contributed by atoms with Crippen molar-refractivity contribution in [3.05, 3.63) is 0 Å². The molecule has 3 amide bonds. The Labute approximate surface area is 338 Å². The molecular formula is C34H62N2O19S2. The smallest absolute Gasteiger partial charge is 0.335 e. The first kappa shape index (κ1) is 52.9. The van der Waals surface area contributed by atoms with Crippen molar-refractivity contribution < 1.29 is 89.3 Å². The number of hydrogen-bond acceptors (Lipinski definition) is 20. The van der Waals surface area contributed by atoms with Crippen LogP contribution in [0.4, 0.5) is 0 Å². The summed E-state index contributed by atoms with van der Waals surface area (Å²) in [5.74, 6) is -2.24. The van der Waals surface area contributed by atoms with Gasteiger partial charge in [-0.1, -0.05) is 0 Å². The number of carbonyl (C=O) groups excluding carboxylic acids is 4. The largest absolute Gasteiger partial charge is 0.378 e. The molecule has 1 fully saturated rings. The number of hydroxylamine groups is 2. The predicted octanol–water partition coefficient (Wildman–Crippen LogP) is -1.01. The molecule has 0 aromatic rings. The van der Waals surface area contributed by atoms with Gasteiger partial charge in [0, 0.05) is 25.6 Å². The van der Waals surface area contributed by atoms with E-state index in [1.807, 2.05) is 0 Å². The summed E-state index contributed by atoms with van der Waals surface area (Å²) >= 11 is 0. The fourth-order valence-electron chi connectivity index (χ4n) is 3.96. The van der Waals surface area contributed by atoms with E-state index in [1.165, 1.54) is 0 Å². The van der Waals surface area contributed by atoms with Crippen LogP contribution in [0.15, 0.2) is 0 Å². The second-order valence-corrected chi connectivity index (χ2v) is 15.9. The fraction of sp³-hybridized carbons (Fsp3) is 0.882. The van der Waals surface area contributed by atoms with Crippen LogP contribution in [0.5, 0.6) is 0 Å². The fourth-order valence-corrected chi connectivity index (χ4v) is 5.34. The van der Waals surface area contributed by atoms with Crippen LogP contribution in [0.3, 0.4) is 0 Å². The van der Waals surface area contributed by atoms with E-state index in [9.17, 15) is 27.6 Å². The van der Waals surface area contributed by atoms with Gasteiger partial charge in [-0.15, -0.1) is 5.06 Å². The summed E-state index contributed by atoms with van der Waals surface area (Å²) in [6.45, 7) is 9.96. The molecule has 57 heavy (non-hydrogen) atoms. The van der Waals surface area contributed by atoms with Gasteiger partial charge < -0.3 is 67.0 Å². The van der Waals surface area contributed by atoms with Gasteiger partial charge in [-0.25, -0.2) is 13.2 Å². The van der Waals surface area contributed by atoms with Gasteiger partial charge >= 0.3 is 5.97 Å². The van der Waals surface area contributed by atoms with Crippen LogP contribution in [-0.2, 0) is 89.7 Å². The highest BCUT2D eigenvalue weighted by Crippen LogP contribution is 2.12. The normalized spacial score (nSPS) is 13.2. The van der Waals surface area contributed by atoms with E-state index in [0.717, 1.165) is 6.26 Å². The van der Waals surface area contributed by atoms with E-state index < -0.39 is 26.7 Å². The molecule has 0 bridgehead atoms. The average molecular weight is 867 g/mol. The van der Waals surface area contributed by atoms with Gasteiger partial charge in [0.1, 0.15) is 0 Å². The molecule has 0 radical (unpaired) electrons. The Hall–Kier alpha value is -2.10. The Morgan fingerprint density at radius 2 is 0.789 bits per heavy atom. The third-order valence-electron chi connectivity index (χ3n) is 6.71. The molecule has 1 aliphatic heterocycles. The van der Waals surface area contributed by atoms with Crippen molar-refractivity contribution >= 4 is 43.4 Å². The quantitative estimate of drug-likeness (QED) is 0.0439. The van der Waals surface area contributed by atoms with E-state index >= 15 is 0 Å². The zero-order valence-electron chi connectivity index (χ0n) is 33.0. The summed E-state index contributed by atoms with van der Waals surface area (Å²) in [4.78, 5) is 50.7. The number of carbonyl (C=O) groups is 4. The lowest BCUT2D eigenvalue weighted by molar-refractivity contribution is -0.198. The molecule has 0 unspecified atom stereocenters. The van der Waals surface area contributed by atoms with Crippen LogP contribution < -0.4 is 5.32 Å². The molecule has 23 heteroatoms.